The molecule has 0 aliphatic heterocycles. The van der Waals surface area contributed by atoms with E-state index < -0.39 is 0 Å². The number of fused-ring (bicyclic) bond motifs is 5. The highest BCUT2D eigenvalue weighted by atomic mass is 15.1. The van der Waals surface area contributed by atoms with Crippen LogP contribution in [0.5, 0.6) is 0 Å². The molecule has 0 atom stereocenters. The monoisotopic (exact) mass is 699 g/mol. The Labute approximate surface area is 322 Å². The zero-order valence-corrected chi connectivity index (χ0v) is 30.3. The van der Waals surface area contributed by atoms with Gasteiger partial charge in [0.2, 0.25) is 0 Å². The van der Waals surface area contributed by atoms with Gasteiger partial charge in [0.15, 0.2) is 0 Å². The predicted molar refractivity (Wildman–Crippen MR) is 235 cm³/mol. The Morgan fingerprint density at radius 1 is 0.236 bits per heavy atom. The van der Waals surface area contributed by atoms with Crippen molar-refractivity contribution in [2.75, 3.05) is 4.90 Å². The first-order valence-electron chi connectivity index (χ1n) is 18.9. The van der Waals surface area contributed by atoms with Gasteiger partial charge in [-0.2, -0.15) is 0 Å². The number of benzene rings is 10. The maximum absolute atomic E-state index is 2.39. The predicted octanol–water partition coefficient (Wildman–Crippen LogP) is 15.3. The Morgan fingerprint density at radius 2 is 0.673 bits per heavy atom. The molecule has 10 aromatic rings. The molecular weight excluding hydrogens is 663 g/mol. The van der Waals surface area contributed by atoms with Crippen LogP contribution in [0.3, 0.4) is 0 Å². The highest BCUT2D eigenvalue weighted by Gasteiger charge is 2.18. The largest absolute Gasteiger partial charge is 0.310 e. The number of para-hydroxylation sites is 1. The average molecular weight is 700 g/mol. The molecule has 0 fully saturated rings. The van der Waals surface area contributed by atoms with Crippen LogP contribution in [-0.2, 0) is 0 Å². The topological polar surface area (TPSA) is 3.24 Å². The van der Waals surface area contributed by atoms with Crippen LogP contribution in [0.1, 0.15) is 0 Å². The molecule has 0 aliphatic carbocycles. The summed E-state index contributed by atoms with van der Waals surface area (Å²) in [6, 6.07) is 81.3. The summed E-state index contributed by atoms with van der Waals surface area (Å²) in [4.78, 5) is 2.39. The highest BCUT2D eigenvalue weighted by Crippen LogP contribution is 2.43. The summed E-state index contributed by atoms with van der Waals surface area (Å²) in [5.41, 5.74) is 13.0. The number of nitrogens with zero attached hydrogens (tertiary/aromatic N) is 1. The number of anilines is 3. The maximum atomic E-state index is 2.39. The van der Waals surface area contributed by atoms with E-state index in [4.69, 9.17) is 0 Å². The number of hydrogen-bond acceptors (Lipinski definition) is 1. The van der Waals surface area contributed by atoms with Crippen LogP contribution in [0.2, 0.25) is 0 Å². The molecule has 0 aromatic heterocycles. The van der Waals surface area contributed by atoms with Crippen LogP contribution in [0, 0.1) is 0 Å². The van der Waals surface area contributed by atoms with Gasteiger partial charge < -0.3 is 4.90 Å². The van der Waals surface area contributed by atoms with Crippen molar-refractivity contribution in [3.63, 3.8) is 0 Å². The third-order valence-electron chi connectivity index (χ3n) is 10.9. The van der Waals surface area contributed by atoms with Gasteiger partial charge in [0.25, 0.3) is 0 Å². The van der Waals surface area contributed by atoms with Gasteiger partial charge in [0.1, 0.15) is 0 Å². The SMILES string of the molecule is c1ccc(-c2ccc(-c3ccc(N(c4ccc(-c5cc6c7ccccc7ccc6c6ccccc56)cc4)c4ccccc4-c4ccccc4)cc3)cc2)cc1. The number of hydrogen-bond donors (Lipinski definition) is 0. The van der Waals surface area contributed by atoms with E-state index in [0.717, 1.165) is 17.1 Å². The van der Waals surface area contributed by atoms with Crippen LogP contribution in [0.4, 0.5) is 17.1 Å². The number of rotatable bonds is 7. The highest BCUT2D eigenvalue weighted by molar-refractivity contribution is 6.21. The van der Waals surface area contributed by atoms with Crippen molar-refractivity contribution in [2.24, 2.45) is 0 Å². The Morgan fingerprint density at radius 3 is 1.33 bits per heavy atom. The molecule has 0 heterocycles. The Hall–Kier alpha value is -7.22. The van der Waals surface area contributed by atoms with Gasteiger partial charge >= 0.3 is 0 Å². The van der Waals surface area contributed by atoms with Gasteiger partial charge in [-0.3, -0.25) is 0 Å². The van der Waals surface area contributed by atoms with E-state index in [0.29, 0.717) is 0 Å². The lowest BCUT2D eigenvalue weighted by atomic mass is 9.91. The second kappa shape index (κ2) is 14.0. The molecule has 0 N–H and O–H groups in total. The van der Waals surface area contributed by atoms with Crippen LogP contribution in [0.15, 0.2) is 224 Å². The lowest BCUT2D eigenvalue weighted by Gasteiger charge is -2.28. The maximum Gasteiger partial charge on any atom is 0.0540 e. The average Bonchev–Trinajstić information content (AvgIpc) is 3.27. The summed E-state index contributed by atoms with van der Waals surface area (Å²) in [5, 5.41) is 7.64. The van der Waals surface area contributed by atoms with Gasteiger partial charge in [-0.25, -0.2) is 0 Å². The second-order valence-corrected chi connectivity index (χ2v) is 14.1. The van der Waals surface area contributed by atoms with Crippen LogP contribution >= 0.6 is 0 Å². The summed E-state index contributed by atoms with van der Waals surface area (Å²) in [6.45, 7) is 0. The molecule has 1 heteroatoms. The van der Waals surface area contributed by atoms with Gasteiger partial charge in [-0.05, 0) is 108 Å². The molecular formula is C54H37N. The van der Waals surface area contributed by atoms with Crippen molar-refractivity contribution in [3.8, 4) is 44.5 Å². The first-order valence-corrected chi connectivity index (χ1v) is 18.9. The zero-order chi connectivity index (χ0) is 36.6. The fourth-order valence-electron chi connectivity index (χ4n) is 8.14. The third-order valence-corrected chi connectivity index (χ3v) is 10.9. The first-order chi connectivity index (χ1) is 27.3. The molecule has 10 rings (SSSR count). The minimum Gasteiger partial charge on any atom is -0.310 e. The van der Waals surface area contributed by atoms with Crippen molar-refractivity contribution < 1.29 is 0 Å². The quantitative estimate of drug-likeness (QED) is 0.150. The summed E-state index contributed by atoms with van der Waals surface area (Å²) >= 11 is 0. The minimum absolute atomic E-state index is 1.10. The van der Waals surface area contributed by atoms with Crippen LogP contribution < -0.4 is 4.90 Å². The van der Waals surface area contributed by atoms with E-state index >= 15 is 0 Å². The molecule has 10 aromatic carbocycles. The molecule has 0 aliphatic rings. The molecule has 55 heavy (non-hydrogen) atoms. The van der Waals surface area contributed by atoms with Crippen molar-refractivity contribution >= 4 is 49.4 Å². The van der Waals surface area contributed by atoms with E-state index in [-0.39, 0.29) is 0 Å². The van der Waals surface area contributed by atoms with E-state index in [2.05, 4.69) is 229 Å². The summed E-state index contributed by atoms with van der Waals surface area (Å²) in [5.74, 6) is 0. The van der Waals surface area contributed by atoms with E-state index in [9.17, 15) is 0 Å². The van der Waals surface area contributed by atoms with Crippen molar-refractivity contribution in [3.05, 3.63) is 224 Å². The second-order valence-electron chi connectivity index (χ2n) is 14.1. The van der Waals surface area contributed by atoms with E-state index in [1.807, 2.05) is 0 Å². The molecule has 0 amide bonds. The summed E-state index contributed by atoms with van der Waals surface area (Å²) < 4.78 is 0. The molecule has 0 spiro atoms. The molecule has 258 valence electrons. The standard InChI is InChI=1S/C54H37N/c1-3-13-38(14-4-1)39-23-25-40(26-24-39)41-27-32-45(33-28-41)55(54-22-12-11-19-48(54)42-15-5-2-6-16-42)46-34-29-44(30-35-46)52-37-53-47-18-8-7-17-43(47)31-36-51(53)49-20-9-10-21-50(49)52/h1-37H. The smallest absolute Gasteiger partial charge is 0.0540 e. The molecule has 0 bridgehead atoms. The van der Waals surface area contributed by atoms with E-state index in [1.54, 1.807) is 0 Å². The summed E-state index contributed by atoms with van der Waals surface area (Å²) in [6.07, 6.45) is 0. The Balaban J connectivity index is 1.08. The normalized spacial score (nSPS) is 11.3. The van der Waals surface area contributed by atoms with Crippen molar-refractivity contribution in [1.29, 1.82) is 0 Å². The lowest BCUT2D eigenvalue weighted by molar-refractivity contribution is 1.28. The van der Waals surface area contributed by atoms with Crippen molar-refractivity contribution in [2.45, 2.75) is 0 Å². The van der Waals surface area contributed by atoms with Gasteiger partial charge in [-0.1, -0.05) is 188 Å². The molecule has 1 nitrogen and oxygen atoms in total. The Bertz CT molecular complexity index is 2930. The van der Waals surface area contributed by atoms with Crippen LogP contribution in [0.25, 0.3) is 76.8 Å². The summed E-state index contributed by atoms with van der Waals surface area (Å²) in [7, 11) is 0. The third kappa shape index (κ3) is 6.02. The zero-order valence-electron chi connectivity index (χ0n) is 30.3. The van der Waals surface area contributed by atoms with Crippen LogP contribution in [-0.4, -0.2) is 0 Å². The molecule has 0 unspecified atom stereocenters. The molecule has 0 radical (unpaired) electrons. The minimum atomic E-state index is 1.10. The molecule has 0 saturated carbocycles. The van der Waals surface area contributed by atoms with Gasteiger partial charge in [0.05, 0.1) is 5.69 Å². The first kappa shape index (κ1) is 32.4. The Kier molecular flexibility index (Phi) is 8.24. The van der Waals surface area contributed by atoms with Gasteiger partial charge in [0, 0.05) is 16.9 Å². The molecule has 0 saturated heterocycles. The fourth-order valence-corrected chi connectivity index (χ4v) is 8.14. The van der Waals surface area contributed by atoms with Gasteiger partial charge in [-0.15, -0.1) is 0 Å². The van der Waals surface area contributed by atoms with Crippen molar-refractivity contribution in [1.82, 2.24) is 0 Å². The fraction of sp³-hybridized carbons (Fsp3) is 0. The van der Waals surface area contributed by atoms with E-state index in [1.165, 1.54) is 76.8 Å². The lowest BCUT2D eigenvalue weighted by Crippen LogP contribution is -2.11.